The van der Waals surface area contributed by atoms with Crippen LogP contribution in [0, 0.1) is 10.1 Å². The molecule has 0 N–H and O–H groups in total. The number of amides is 1. The topological polar surface area (TPSA) is 76.3 Å². The predicted molar refractivity (Wildman–Crippen MR) is 100 cm³/mol. The quantitative estimate of drug-likeness (QED) is 0.514. The number of nitro benzene ring substituents is 1. The lowest BCUT2D eigenvalue weighted by molar-refractivity contribution is -0.384. The second kappa shape index (κ2) is 6.84. The Morgan fingerprint density at radius 3 is 2.73 bits per heavy atom. The lowest BCUT2D eigenvalue weighted by Gasteiger charge is -2.23. The van der Waals surface area contributed by atoms with E-state index in [9.17, 15) is 14.9 Å². The van der Waals surface area contributed by atoms with Crippen molar-refractivity contribution in [3.8, 4) is 0 Å². The van der Waals surface area contributed by atoms with Gasteiger partial charge in [0.15, 0.2) is 0 Å². The number of benzene rings is 2. The number of hydrogen-bond donors (Lipinski definition) is 0. The highest BCUT2D eigenvalue weighted by molar-refractivity contribution is 7.18. The molecule has 1 aliphatic heterocycles. The van der Waals surface area contributed by atoms with Gasteiger partial charge >= 0.3 is 0 Å². The Kier molecular flexibility index (Phi) is 4.38. The number of carbonyl (C=O) groups excluding carboxylic acids is 1. The normalized spacial score (nSPS) is 16.9. The Bertz CT molecular complexity index is 935. The van der Waals surface area contributed by atoms with Gasteiger partial charge in [-0.05, 0) is 30.5 Å². The van der Waals surface area contributed by atoms with Crippen LogP contribution in [0.25, 0.3) is 10.2 Å². The maximum atomic E-state index is 12.8. The van der Waals surface area contributed by atoms with Crippen molar-refractivity contribution in [3.05, 3.63) is 69.2 Å². The van der Waals surface area contributed by atoms with Gasteiger partial charge in [0, 0.05) is 18.7 Å². The summed E-state index contributed by atoms with van der Waals surface area (Å²) in [5.74, 6) is 0.0422. The maximum absolute atomic E-state index is 12.8. The van der Waals surface area contributed by atoms with Crippen molar-refractivity contribution in [1.82, 2.24) is 9.88 Å². The molecule has 7 heteroatoms. The van der Waals surface area contributed by atoms with Crippen LogP contribution in [0.2, 0.25) is 0 Å². The summed E-state index contributed by atoms with van der Waals surface area (Å²) in [5.41, 5.74) is 1.80. The van der Waals surface area contributed by atoms with Crippen molar-refractivity contribution < 1.29 is 9.72 Å². The zero-order chi connectivity index (χ0) is 18.1. The molecule has 1 fully saturated rings. The molecule has 2 aromatic carbocycles. The molecule has 26 heavy (non-hydrogen) atoms. The first-order chi connectivity index (χ1) is 12.6. The fourth-order valence-corrected chi connectivity index (χ4v) is 4.48. The smallest absolute Gasteiger partial charge is 0.269 e. The van der Waals surface area contributed by atoms with Gasteiger partial charge in [0.1, 0.15) is 5.01 Å². The van der Waals surface area contributed by atoms with E-state index in [2.05, 4.69) is 6.07 Å². The van der Waals surface area contributed by atoms with Gasteiger partial charge in [-0.2, -0.15) is 0 Å². The first-order valence-corrected chi connectivity index (χ1v) is 9.32. The van der Waals surface area contributed by atoms with E-state index in [1.165, 1.54) is 12.1 Å². The average Bonchev–Trinajstić information content (AvgIpc) is 3.28. The number of hydrogen-bond acceptors (Lipinski definition) is 5. The highest BCUT2D eigenvalue weighted by Gasteiger charge is 2.32. The Morgan fingerprint density at radius 1 is 1.23 bits per heavy atom. The third kappa shape index (κ3) is 3.17. The molecular formula is C19H17N3O3S. The number of aromatic nitrogens is 1. The van der Waals surface area contributed by atoms with Crippen molar-refractivity contribution in [2.45, 2.75) is 25.3 Å². The van der Waals surface area contributed by atoms with E-state index in [1.54, 1.807) is 23.5 Å². The largest absolute Gasteiger partial charge is 0.333 e. The fourth-order valence-electron chi connectivity index (χ4n) is 3.37. The number of nitrogens with zero attached hydrogens (tertiary/aromatic N) is 3. The molecule has 3 aromatic rings. The molecule has 4 rings (SSSR count). The third-order valence-corrected chi connectivity index (χ3v) is 5.81. The molecule has 1 unspecified atom stereocenters. The number of para-hydroxylation sites is 1. The molecule has 1 amide bonds. The molecule has 1 atom stereocenters. The number of non-ortho nitro benzene ring substituents is 1. The minimum atomic E-state index is -0.435. The van der Waals surface area contributed by atoms with E-state index in [0.717, 1.165) is 40.2 Å². The predicted octanol–water partition coefficient (Wildman–Crippen LogP) is 4.11. The average molecular weight is 367 g/mol. The van der Waals surface area contributed by atoms with Crippen LogP contribution in [0.15, 0.2) is 48.5 Å². The van der Waals surface area contributed by atoms with Gasteiger partial charge in [-0.15, -0.1) is 11.3 Å². The number of thiazole rings is 1. The van der Waals surface area contributed by atoms with Crippen LogP contribution in [0.1, 0.15) is 29.5 Å². The minimum absolute atomic E-state index is 0.0259. The SMILES string of the molecule is O=C(Cc1ccc([N+](=O)[O-])cc1)N1CCCC1c1nc2ccccc2s1. The van der Waals surface area contributed by atoms with E-state index in [4.69, 9.17) is 4.98 Å². The van der Waals surface area contributed by atoms with Crippen LogP contribution in [-0.4, -0.2) is 27.3 Å². The Labute approximate surface area is 154 Å². The second-order valence-corrected chi connectivity index (χ2v) is 7.43. The summed E-state index contributed by atoms with van der Waals surface area (Å²) in [5, 5.41) is 11.7. The standard InChI is InChI=1S/C19H17N3O3S/c23-18(12-13-7-9-14(10-8-13)22(24)25)21-11-3-5-16(21)19-20-15-4-1-2-6-17(15)26-19/h1-2,4,6-10,16H,3,5,11-12H2. The Balaban J connectivity index is 1.52. The minimum Gasteiger partial charge on any atom is -0.333 e. The second-order valence-electron chi connectivity index (χ2n) is 6.37. The number of fused-ring (bicyclic) bond motifs is 1. The molecule has 0 saturated carbocycles. The maximum Gasteiger partial charge on any atom is 0.269 e. The van der Waals surface area contributed by atoms with Crippen LogP contribution in [-0.2, 0) is 11.2 Å². The van der Waals surface area contributed by atoms with Gasteiger partial charge in [0.05, 0.1) is 27.6 Å². The van der Waals surface area contributed by atoms with Crippen LogP contribution in [0.4, 0.5) is 5.69 Å². The Hall–Kier alpha value is -2.80. The van der Waals surface area contributed by atoms with Crippen molar-refractivity contribution in [2.75, 3.05) is 6.54 Å². The lowest BCUT2D eigenvalue weighted by atomic mass is 10.1. The number of likely N-dealkylation sites (tertiary alicyclic amines) is 1. The highest BCUT2D eigenvalue weighted by atomic mass is 32.1. The van der Waals surface area contributed by atoms with E-state index in [0.29, 0.717) is 0 Å². The summed E-state index contributed by atoms with van der Waals surface area (Å²) in [6, 6.07) is 14.2. The van der Waals surface area contributed by atoms with Crippen LogP contribution in [0.5, 0.6) is 0 Å². The number of rotatable bonds is 4. The van der Waals surface area contributed by atoms with E-state index in [1.807, 2.05) is 23.1 Å². The van der Waals surface area contributed by atoms with Crippen molar-refractivity contribution in [3.63, 3.8) is 0 Å². The summed E-state index contributed by atoms with van der Waals surface area (Å²) in [6.07, 6.45) is 2.14. The summed E-state index contributed by atoms with van der Waals surface area (Å²) in [7, 11) is 0. The zero-order valence-corrected chi connectivity index (χ0v) is 14.8. The molecule has 0 radical (unpaired) electrons. The van der Waals surface area contributed by atoms with Crippen LogP contribution in [0.3, 0.4) is 0 Å². The summed E-state index contributed by atoms with van der Waals surface area (Å²) in [6.45, 7) is 0.729. The van der Waals surface area contributed by atoms with E-state index < -0.39 is 4.92 Å². The first-order valence-electron chi connectivity index (χ1n) is 8.50. The molecule has 0 aliphatic carbocycles. The zero-order valence-electron chi connectivity index (χ0n) is 14.0. The number of carbonyl (C=O) groups is 1. The molecule has 1 aliphatic rings. The van der Waals surface area contributed by atoms with Gasteiger partial charge in [-0.25, -0.2) is 4.98 Å². The Morgan fingerprint density at radius 2 is 2.00 bits per heavy atom. The third-order valence-electron chi connectivity index (χ3n) is 4.67. The lowest BCUT2D eigenvalue weighted by Crippen LogP contribution is -2.31. The fraction of sp³-hybridized carbons (Fsp3) is 0.263. The molecular weight excluding hydrogens is 350 g/mol. The molecule has 1 aromatic heterocycles. The molecule has 2 heterocycles. The number of nitro groups is 1. The van der Waals surface area contributed by atoms with Gasteiger partial charge in [0.25, 0.3) is 5.69 Å². The molecule has 6 nitrogen and oxygen atoms in total. The van der Waals surface area contributed by atoms with Crippen LogP contribution >= 0.6 is 11.3 Å². The first kappa shape index (κ1) is 16.7. The molecule has 0 spiro atoms. The van der Waals surface area contributed by atoms with Gasteiger partial charge in [-0.3, -0.25) is 14.9 Å². The van der Waals surface area contributed by atoms with Crippen molar-refractivity contribution >= 4 is 33.1 Å². The highest BCUT2D eigenvalue weighted by Crippen LogP contribution is 2.36. The monoisotopic (exact) mass is 367 g/mol. The summed E-state index contributed by atoms with van der Waals surface area (Å²) >= 11 is 1.65. The van der Waals surface area contributed by atoms with E-state index >= 15 is 0 Å². The van der Waals surface area contributed by atoms with Crippen molar-refractivity contribution in [1.29, 1.82) is 0 Å². The molecule has 0 bridgehead atoms. The molecule has 132 valence electrons. The van der Waals surface area contributed by atoms with Crippen LogP contribution < -0.4 is 0 Å². The van der Waals surface area contributed by atoms with Gasteiger partial charge in [0.2, 0.25) is 5.91 Å². The van der Waals surface area contributed by atoms with E-state index in [-0.39, 0.29) is 24.1 Å². The van der Waals surface area contributed by atoms with Gasteiger partial charge < -0.3 is 4.90 Å². The van der Waals surface area contributed by atoms with Gasteiger partial charge in [-0.1, -0.05) is 24.3 Å². The summed E-state index contributed by atoms with van der Waals surface area (Å²) < 4.78 is 1.14. The summed E-state index contributed by atoms with van der Waals surface area (Å²) in [4.78, 5) is 29.7. The van der Waals surface area contributed by atoms with Crippen molar-refractivity contribution in [2.24, 2.45) is 0 Å². The molecule has 1 saturated heterocycles.